The molecule has 1 aliphatic heterocycles. The summed E-state index contributed by atoms with van der Waals surface area (Å²) in [7, 11) is 0. The highest BCUT2D eigenvalue weighted by molar-refractivity contribution is 6.21. The molecular formula is C6H11ClO3. The molecular weight excluding hydrogens is 156 g/mol. The van der Waals surface area contributed by atoms with Crippen LogP contribution in [0.3, 0.4) is 0 Å². The van der Waals surface area contributed by atoms with Crippen LogP contribution in [0.4, 0.5) is 0 Å². The zero-order valence-corrected chi connectivity index (χ0v) is 6.45. The van der Waals surface area contributed by atoms with Crippen molar-refractivity contribution in [3.8, 4) is 0 Å². The van der Waals surface area contributed by atoms with Gasteiger partial charge in [-0.05, 0) is 6.92 Å². The van der Waals surface area contributed by atoms with E-state index in [-0.39, 0.29) is 12.7 Å². The van der Waals surface area contributed by atoms with E-state index in [1.54, 1.807) is 6.92 Å². The minimum absolute atomic E-state index is 0.172. The van der Waals surface area contributed by atoms with Gasteiger partial charge in [-0.25, -0.2) is 0 Å². The monoisotopic (exact) mass is 166 g/mol. The fourth-order valence-corrected chi connectivity index (χ4v) is 1.29. The lowest BCUT2D eigenvalue weighted by molar-refractivity contribution is -0.0170. The van der Waals surface area contributed by atoms with Crippen molar-refractivity contribution < 1.29 is 14.9 Å². The maximum atomic E-state index is 9.21. The van der Waals surface area contributed by atoms with Crippen molar-refractivity contribution in [2.75, 3.05) is 6.61 Å². The molecule has 1 aliphatic rings. The second kappa shape index (κ2) is 3.05. The predicted octanol–water partition coefficient (Wildman–Crippen LogP) is -0.266. The number of ether oxygens (including phenoxy) is 1. The average Bonchev–Trinajstić information content (AvgIpc) is 2.17. The molecule has 4 heteroatoms. The van der Waals surface area contributed by atoms with Crippen LogP contribution in [0.1, 0.15) is 6.92 Å². The molecule has 10 heavy (non-hydrogen) atoms. The Balaban J connectivity index is 2.53. The molecule has 3 nitrogen and oxygen atoms in total. The van der Waals surface area contributed by atoms with Gasteiger partial charge in [0.15, 0.2) is 0 Å². The number of aliphatic hydroxyl groups is 2. The van der Waals surface area contributed by atoms with Crippen LogP contribution in [0.5, 0.6) is 0 Å². The van der Waals surface area contributed by atoms with Crippen molar-refractivity contribution in [2.24, 2.45) is 0 Å². The third kappa shape index (κ3) is 1.27. The van der Waals surface area contributed by atoms with E-state index in [2.05, 4.69) is 0 Å². The van der Waals surface area contributed by atoms with Gasteiger partial charge in [0.05, 0.1) is 18.1 Å². The SMILES string of the molecule is C[C@@H]1OC(CO)[C@@H](O)[C@H]1Cl. The fourth-order valence-electron chi connectivity index (χ4n) is 1.07. The molecule has 0 aliphatic carbocycles. The molecule has 0 spiro atoms. The standard InChI is InChI=1S/C6H11ClO3/c1-3-5(7)6(9)4(2-8)10-3/h3-6,8-9H,2H2,1H3/t3-,4?,5-,6+/m0/s1. The highest BCUT2D eigenvalue weighted by atomic mass is 35.5. The molecule has 4 atom stereocenters. The lowest BCUT2D eigenvalue weighted by atomic mass is 10.1. The van der Waals surface area contributed by atoms with Crippen LogP contribution < -0.4 is 0 Å². The van der Waals surface area contributed by atoms with Gasteiger partial charge >= 0.3 is 0 Å². The molecule has 0 aromatic heterocycles. The second-order valence-electron chi connectivity index (χ2n) is 2.50. The van der Waals surface area contributed by atoms with Crippen molar-refractivity contribution in [3.05, 3.63) is 0 Å². The van der Waals surface area contributed by atoms with Crippen LogP contribution in [-0.4, -0.2) is 40.5 Å². The number of hydrogen-bond acceptors (Lipinski definition) is 3. The van der Waals surface area contributed by atoms with Gasteiger partial charge in [0.2, 0.25) is 0 Å². The third-order valence-corrected chi connectivity index (χ3v) is 2.34. The molecule has 0 bridgehead atoms. The summed E-state index contributed by atoms with van der Waals surface area (Å²) in [5.74, 6) is 0. The van der Waals surface area contributed by atoms with Crippen LogP contribution >= 0.6 is 11.6 Å². The molecule has 1 fully saturated rings. The van der Waals surface area contributed by atoms with Crippen molar-refractivity contribution in [3.63, 3.8) is 0 Å². The highest BCUT2D eigenvalue weighted by Crippen LogP contribution is 2.24. The number of halogens is 1. The van der Waals surface area contributed by atoms with E-state index in [1.165, 1.54) is 0 Å². The van der Waals surface area contributed by atoms with E-state index in [0.29, 0.717) is 0 Å². The van der Waals surface area contributed by atoms with Crippen LogP contribution in [0.2, 0.25) is 0 Å². The van der Waals surface area contributed by atoms with Gasteiger partial charge in [-0.15, -0.1) is 11.6 Å². The largest absolute Gasteiger partial charge is 0.394 e. The number of hydrogen-bond donors (Lipinski definition) is 2. The highest BCUT2D eigenvalue weighted by Gasteiger charge is 2.39. The first-order chi connectivity index (χ1) is 4.66. The quantitative estimate of drug-likeness (QED) is 0.528. The van der Waals surface area contributed by atoms with E-state index in [0.717, 1.165) is 0 Å². The Kier molecular flexibility index (Phi) is 2.52. The van der Waals surface area contributed by atoms with Crippen LogP contribution in [0.25, 0.3) is 0 Å². The average molecular weight is 167 g/mol. The van der Waals surface area contributed by atoms with Crippen LogP contribution in [0.15, 0.2) is 0 Å². The molecule has 0 amide bonds. The Hall–Kier alpha value is 0.170. The summed E-state index contributed by atoms with van der Waals surface area (Å²) in [6, 6.07) is 0. The topological polar surface area (TPSA) is 49.7 Å². The maximum absolute atomic E-state index is 9.21. The van der Waals surface area contributed by atoms with Gasteiger partial charge in [0, 0.05) is 0 Å². The van der Waals surface area contributed by atoms with E-state index in [1.807, 2.05) is 0 Å². The molecule has 1 unspecified atom stereocenters. The second-order valence-corrected chi connectivity index (χ2v) is 3.00. The molecule has 60 valence electrons. The minimum Gasteiger partial charge on any atom is -0.394 e. The molecule has 1 heterocycles. The smallest absolute Gasteiger partial charge is 0.108 e. The lowest BCUT2D eigenvalue weighted by Gasteiger charge is -2.09. The first-order valence-electron chi connectivity index (χ1n) is 3.25. The van der Waals surface area contributed by atoms with Crippen molar-refractivity contribution in [2.45, 2.75) is 30.6 Å². The van der Waals surface area contributed by atoms with Crippen LogP contribution in [-0.2, 0) is 4.74 Å². The van der Waals surface area contributed by atoms with E-state index >= 15 is 0 Å². The van der Waals surface area contributed by atoms with Crippen LogP contribution in [0, 0.1) is 0 Å². The van der Waals surface area contributed by atoms with Gasteiger partial charge in [0.1, 0.15) is 12.2 Å². The number of aliphatic hydroxyl groups excluding tert-OH is 2. The maximum Gasteiger partial charge on any atom is 0.108 e. The first kappa shape index (κ1) is 8.27. The Morgan fingerprint density at radius 1 is 1.60 bits per heavy atom. The molecule has 0 saturated carbocycles. The van der Waals surface area contributed by atoms with E-state index in [4.69, 9.17) is 21.4 Å². The molecule has 0 radical (unpaired) electrons. The molecule has 1 rings (SSSR count). The first-order valence-corrected chi connectivity index (χ1v) is 3.69. The summed E-state index contributed by atoms with van der Waals surface area (Å²) in [5, 5.41) is 17.4. The normalized spacial score (nSPS) is 48.0. The summed E-state index contributed by atoms with van der Waals surface area (Å²) >= 11 is 5.70. The zero-order valence-electron chi connectivity index (χ0n) is 5.70. The van der Waals surface area contributed by atoms with Crippen molar-refractivity contribution in [1.82, 2.24) is 0 Å². The molecule has 1 saturated heterocycles. The Bertz CT molecular complexity index is 120. The zero-order chi connectivity index (χ0) is 7.72. The summed E-state index contributed by atoms with van der Waals surface area (Å²) in [5.41, 5.74) is 0. The van der Waals surface area contributed by atoms with E-state index < -0.39 is 17.6 Å². The van der Waals surface area contributed by atoms with E-state index in [9.17, 15) is 5.11 Å². The summed E-state index contributed by atoms with van der Waals surface area (Å²) < 4.78 is 5.10. The fraction of sp³-hybridized carbons (Fsp3) is 1.00. The van der Waals surface area contributed by atoms with Gasteiger partial charge in [-0.1, -0.05) is 0 Å². The van der Waals surface area contributed by atoms with Gasteiger partial charge < -0.3 is 14.9 Å². The molecule has 0 aromatic rings. The number of rotatable bonds is 1. The minimum atomic E-state index is -0.735. The number of alkyl halides is 1. The Morgan fingerprint density at radius 2 is 2.20 bits per heavy atom. The Morgan fingerprint density at radius 3 is 2.40 bits per heavy atom. The summed E-state index contributed by atoms with van der Waals surface area (Å²) in [6.45, 7) is 1.60. The summed E-state index contributed by atoms with van der Waals surface area (Å²) in [6.07, 6.45) is -1.41. The van der Waals surface area contributed by atoms with Crippen molar-refractivity contribution in [1.29, 1.82) is 0 Å². The van der Waals surface area contributed by atoms with Gasteiger partial charge in [-0.3, -0.25) is 0 Å². The molecule has 2 N–H and O–H groups in total. The van der Waals surface area contributed by atoms with Gasteiger partial charge in [0.25, 0.3) is 0 Å². The summed E-state index contributed by atoms with van der Waals surface area (Å²) in [4.78, 5) is 0. The van der Waals surface area contributed by atoms with Gasteiger partial charge in [-0.2, -0.15) is 0 Å². The predicted molar refractivity (Wildman–Crippen MR) is 37.1 cm³/mol. The Labute approximate surface area is 64.6 Å². The third-order valence-electron chi connectivity index (χ3n) is 1.73. The molecule has 0 aromatic carbocycles. The van der Waals surface area contributed by atoms with Crippen molar-refractivity contribution >= 4 is 11.6 Å². The lowest BCUT2D eigenvalue weighted by Crippen LogP contribution is -2.29.